The molecule has 1 amide bonds. The number of rotatable bonds is 9. The van der Waals surface area contributed by atoms with Gasteiger partial charge in [-0.15, -0.1) is 11.8 Å². The summed E-state index contributed by atoms with van der Waals surface area (Å²) in [5.74, 6) is 0.894. The molecule has 1 atom stereocenters. The predicted octanol–water partition coefficient (Wildman–Crippen LogP) is 2.48. The van der Waals surface area contributed by atoms with Gasteiger partial charge in [-0.1, -0.05) is 19.1 Å². The van der Waals surface area contributed by atoms with E-state index in [1.54, 1.807) is 19.1 Å². The van der Waals surface area contributed by atoms with Gasteiger partial charge in [-0.25, -0.2) is 13.4 Å². The summed E-state index contributed by atoms with van der Waals surface area (Å²) >= 11 is 1.40. The summed E-state index contributed by atoms with van der Waals surface area (Å²) in [6, 6.07) is 11.0. The average molecular weight is 542 g/mol. The predicted molar refractivity (Wildman–Crippen MR) is 145 cm³/mol. The molecule has 10 nitrogen and oxygen atoms in total. The highest BCUT2D eigenvalue weighted by atomic mass is 32.2. The molecule has 0 aliphatic carbocycles. The van der Waals surface area contributed by atoms with Crippen molar-refractivity contribution in [1.82, 2.24) is 10.3 Å². The minimum atomic E-state index is -3.36. The molecule has 1 saturated heterocycles. The number of hydrogen-bond donors (Lipinski definition) is 3. The number of carbonyl (C=O) groups is 1. The molecular weight excluding hydrogens is 510 g/mol. The lowest BCUT2D eigenvalue weighted by molar-refractivity contribution is -0.122. The third kappa shape index (κ3) is 7.35. The van der Waals surface area contributed by atoms with E-state index in [0.29, 0.717) is 71.3 Å². The maximum atomic E-state index is 12.0. The van der Waals surface area contributed by atoms with Gasteiger partial charge in [-0.05, 0) is 49.4 Å². The molecule has 0 spiro atoms. The fraction of sp³-hybridized carbons (Fsp3) is 0.440. The Labute approximate surface area is 222 Å². The second-order valence-corrected chi connectivity index (χ2v) is 11.7. The van der Waals surface area contributed by atoms with Crippen LogP contribution in [-0.4, -0.2) is 50.7 Å². The zero-order chi connectivity index (χ0) is 27.2. The van der Waals surface area contributed by atoms with Gasteiger partial charge < -0.3 is 16.0 Å². The third-order valence-electron chi connectivity index (χ3n) is 6.01. The van der Waals surface area contributed by atoms with Gasteiger partial charge in [0.25, 0.3) is 0 Å². The molecule has 1 aromatic heterocycles. The van der Waals surface area contributed by atoms with Crippen LogP contribution >= 0.6 is 11.8 Å². The number of nitrogens with one attached hydrogen (secondary N) is 2. The van der Waals surface area contributed by atoms with Crippen molar-refractivity contribution in [3.8, 4) is 12.1 Å². The maximum Gasteiger partial charge on any atom is 0.236 e. The Balaban J connectivity index is 1.83. The van der Waals surface area contributed by atoms with E-state index in [9.17, 15) is 23.7 Å². The van der Waals surface area contributed by atoms with Crippen LogP contribution < -0.4 is 20.7 Å². The van der Waals surface area contributed by atoms with Crippen molar-refractivity contribution in [1.29, 1.82) is 10.5 Å². The Morgan fingerprint density at radius 3 is 2.35 bits per heavy atom. The maximum absolute atomic E-state index is 12.0. The molecule has 0 saturated carbocycles. The Hall–Kier alpha value is -3.32. The number of nitrogens with two attached hydrogens (primary N) is 1. The van der Waals surface area contributed by atoms with E-state index in [1.807, 2.05) is 24.0 Å². The molecule has 37 heavy (non-hydrogen) atoms. The van der Waals surface area contributed by atoms with Crippen molar-refractivity contribution in [2.75, 3.05) is 29.0 Å². The third-order valence-corrected chi connectivity index (χ3v) is 7.67. The number of piperidine rings is 1. The number of hydrogen-bond acceptors (Lipinski definition) is 9. The van der Waals surface area contributed by atoms with Crippen molar-refractivity contribution in [3.63, 3.8) is 0 Å². The monoisotopic (exact) mass is 541 g/mol. The number of carbonyl (C=O) groups excluding carboxylic acids is 1. The fourth-order valence-corrected chi connectivity index (χ4v) is 5.64. The van der Waals surface area contributed by atoms with Gasteiger partial charge in [-0.2, -0.15) is 10.5 Å². The summed E-state index contributed by atoms with van der Waals surface area (Å²) < 4.78 is 25.3. The molecule has 0 bridgehead atoms. The molecule has 1 aliphatic rings. The van der Waals surface area contributed by atoms with Crippen LogP contribution in [0, 0.1) is 22.7 Å². The van der Waals surface area contributed by atoms with Gasteiger partial charge in [0.15, 0.2) is 0 Å². The van der Waals surface area contributed by atoms with Crippen molar-refractivity contribution in [3.05, 3.63) is 46.5 Å². The number of nitriles is 2. The Morgan fingerprint density at radius 1 is 1.22 bits per heavy atom. The van der Waals surface area contributed by atoms with E-state index in [2.05, 4.69) is 22.2 Å². The van der Waals surface area contributed by atoms with E-state index < -0.39 is 16.1 Å². The Morgan fingerprint density at radius 2 is 1.84 bits per heavy atom. The van der Waals surface area contributed by atoms with Crippen LogP contribution in [0.3, 0.4) is 0 Å². The molecule has 1 aromatic carbocycles. The molecule has 2 aromatic rings. The van der Waals surface area contributed by atoms with Gasteiger partial charge in [0.2, 0.25) is 15.9 Å². The van der Waals surface area contributed by atoms with Crippen molar-refractivity contribution >= 4 is 39.2 Å². The summed E-state index contributed by atoms with van der Waals surface area (Å²) in [6.07, 6.45) is 3.01. The largest absolute Gasteiger partial charge is 0.355 e. The highest BCUT2D eigenvalue weighted by molar-refractivity contribution is 7.98. The first-order valence-corrected chi connectivity index (χ1v) is 14.8. The first-order valence-electron chi connectivity index (χ1n) is 11.9. The van der Waals surface area contributed by atoms with Gasteiger partial charge in [-0.3, -0.25) is 9.52 Å². The van der Waals surface area contributed by atoms with Crippen LogP contribution in [0.5, 0.6) is 0 Å². The number of sulfonamides is 1. The first kappa shape index (κ1) is 28.3. The molecule has 12 heteroatoms. The average Bonchev–Trinajstić information content (AvgIpc) is 2.86. The molecule has 1 aliphatic heterocycles. The molecule has 196 valence electrons. The minimum absolute atomic E-state index is 0.0123. The molecule has 0 unspecified atom stereocenters. The van der Waals surface area contributed by atoms with Crippen LogP contribution in [0.1, 0.15) is 48.9 Å². The van der Waals surface area contributed by atoms with Crippen LogP contribution in [0.25, 0.3) is 0 Å². The lowest BCUT2D eigenvalue weighted by atomic mass is 9.99. The van der Waals surface area contributed by atoms with Crippen molar-refractivity contribution in [2.24, 2.45) is 5.73 Å². The number of thioether (sulfide) groups is 1. The molecule has 1 fully saturated rings. The van der Waals surface area contributed by atoms with Crippen LogP contribution in [0.4, 0.5) is 11.5 Å². The van der Waals surface area contributed by atoms with Gasteiger partial charge >= 0.3 is 0 Å². The topological polar surface area (TPSA) is 165 Å². The smallest absolute Gasteiger partial charge is 0.236 e. The van der Waals surface area contributed by atoms with Crippen molar-refractivity contribution in [2.45, 2.75) is 56.0 Å². The fourth-order valence-electron chi connectivity index (χ4n) is 4.12. The standard InChI is InChI=1S/C25H31N7O3S2/c1-4-20-21(13-26)23(32-11-9-18(10-12-32)29-24(33)16(2)28)30-25(22(20)14-27)36-15-17-5-7-19(8-6-17)31-37(3,34)35/h5-8,16,18,31H,4,9-12,15,28H2,1-3H3,(H,29,33)/t16-/m0/s1. The number of pyridine rings is 1. The highest BCUT2D eigenvalue weighted by Crippen LogP contribution is 2.34. The van der Waals surface area contributed by atoms with E-state index in [-0.39, 0.29) is 11.9 Å². The highest BCUT2D eigenvalue weighted by Gasteiger charge is 2.27. The number of benzene rings is 1. The number of aromatic nitrogens is 1. The van der Waals surface area contributed by atoms with Crippen molar-refractivity contribution < 1.29 is 13.2 Å². The van der Waals surface area contributed by atoms with Gasteiger partial charge in [0.1, 0.15) is 23.0 Å². The van der Waals surface area contributed by atoms with Crippen LogP contribution in [0.15, 0.2) is 29.3 Å². The molecule has 3 rings (SSSR count). The first-order chi connectivity index (χ1) is 17.6. The lowest BCUT2D eigenvalue weighted by Gasteiger charge is -2.34. The number of anilines is 2. The van der Waals surface area contributed by atoms with E-state index >= 15 is 0 Å². The number of nitrogens with zero attached hydrogens (tertiary/aromatic N) is 4. The van der Waals surface area contributed by atoms with Crippen LogP contribution in [-0.2, 0) is 27.0 Å². The Kier molecular flexibility index (Phi) is 9.38. The quantitative estimate of drug-likeness (QED) is 0.404. The summed E-state index contributed by atoms with van der Waals surface area (Å²) in [6.45, 7) is 4.79. The summed E-state index contributed by atoms with van der Waals surface area (Å²) in [7, 11) is -3.36. The summed E-state index contributed by atoms with van der Waals surface area (Å²) in [4.78, 5) is 18.8. The van der Waals surface area contributed by atoms with Gasteiger partial charge in [0.05, 0.1) is 23.4 Å². The summed E-state index contributed by atoms with van der Waals surface area (Å²) in [5, 5.41) is 23.4. The SMILES string of the molecule is CCc1c(C#N)c(SCc2ccc(NS(C)(=O)=O)cc2)nc(N2CCC(NC(=O)[C@H](C)N)CC2)c1C#N. The van der Waals surface area contributed by atoms with E-state index in [1.165, 1.54) is 11.8 Å². The zero-order valence-electron chi connectivity index (χ0n) is 21.1. The minimum Gasteiger partial charge on any atom is -0.355 e. The molecular formula is C25H31N7O3S2. The second kappa shape index (κ2) is 12.3. The Bertz CT molecular complexity index is 1320. The zero-order valence-corrected chi connectivity index (χ0v) is 22.7. The number of amides is 1. The second-order valence-electron chi connectivity index (χ2n) is 8.96. The normalized spacial score (nSPS) is 14.9. The lowest BCUT2D eigenvalue weighted by Crippen LogP contribution is -2.49. The van der Waals surface area contributed by atoms with E-state index in [0.717, 1.165) is 11.8 Å². The summed E-state index contributed by atoms with van der Waals surface area (Å²) in [5.41, 5.74) is 8.57. The molecule has 2 heterocycles. The van der Waals surface area contributed by atoms with Gasteiger partial charge in [0, 0.05) is 30.6 Å². The van der Waals surface area contributed by atoms with Crippen LogP contribution in [0.2, 0.25) is 0 Å². The van der Waals surface area contributed by atoms with E-state index in [4.69, 9.17) is 10.7 Å². The molecule has 0 radical (unpaired) electrons. The molecule has 4 N–H and O–H groups in total.